The van der Waals surface area contributed by atoms with Gasteiger partial charge in [0, 0.05) is 20.4 Å². The Balaban J connectivity index is 2.37. The van der Waals surface area contributed by atoms with E-state index in [2.05, 4.69) is 20.9 Å². The minimum Gasteiger partial charge on any atom is -0.496 e. The largest absolute Gasteiger partial charge is 0.496 e. The first kappa shape index (κ1) is 16.9. The van der Waals surface area contributed by atoms with E-state index in [0.29, 0.717) is 16.3 Å². The van der Waals surface area contributed by atoms with Crippen LogP contribution in [-0.4, -0.2) is 23.2 Å². The molecule has 0 saturated carbocycles. The summed E-state index contributed by atoms with van der Waals surface area (Å²) in [6.07, 6.45) is -0.0912. The number of rotatable bonds is 4. The van der Waals surface area contributed by atoms with Crippen molar-refractivity contribution in [2.24, 2.45) is 0 Å². The van der Waals surface area contributed by atoms with Gasteiger partial charge in [-0.05, 0) is 42.3 Å². The van der Waals surface area contributed by atoms with Gasteiger partial charge in [-0.25, -0.2) is 0 Å². The summed E-state index contributed by atoms with van der Waals surface area (Å²) in [5.74, 6) is -0.223. The Morgan fingerprint density at radius 2 is 2.08 bits per heavy atom. The van der Waals surface area contributed by atoms with E-state index in [0.717, 1.165) is 32.2 Å². The number of ether oxygens (including phenoxy) is 1. The Morgan fingerprint density at radius 3 is 2.75 bits per heavy atom. The molecule has 0 aliphatic carbocycles. The highest BCUT2D eigenvalue weighted by molar-refractivity contribution is 9.10. The lowest BCUT2D eigenvalue weighted by Crippen LogP contribution is -2.01. The summed E-state index contributed by atoms with van der Waals surface area (Å²) >= 11 is 9.68. The van der Waals surface area contributed by atoms with Crippen LogP contribution in [0.4, 0.5) is 0 Å². The van der Waals surface area contributed by atoms with Crippen LogP contribution in [0.15, 0.2) is 34.8 Å². The van der Waals surface area contributed by atoms with Crippen LogP contribution in [0, 0.1) is 6.92 Å². The molecule has 2 aromatic carbocycles. The molecule has 3 aromatic rings. The summed E-state index contributed by atoms with van der Waals surface area (Å²) in [4.78, 5) is 14.7. The summed E-state index contributed by atoms with van der Waals surface area (Å²) in [5.41, 5.74) is 3.98. The first-order chi connectivity index (χ1) is 11.4. The fourth-order valence-corrected chi connectivity index (χ4v) is 3.39. The molecule has 0 fully saturated rings. The molecule has 124 valence electrons. The van der Waals surface area contributed by atoms with Crippen molar-refractivity contribution in [2.45, 2.75) is 13.3 Å². The van der Waals surface area contributed by atoms with Crippen LogP contribution in [0.5, 0.6) is 5.75 Å². The predicted octanol–water partition coefficient (Wildman–Crippen LogP) is 5.19. The van der Waals surface area contributed by atoms with Crippen LogP contribution < -0.4 is 4.74 Å². The number of H-pyrrole nitrogens is 1. The first-order valence-corrected chi connectivity index (χ1v) is 8.44. The summed E-state index contributed by atoms with van der Waals surface area (Å²) in [6.45, 7) is 1.91. The van der Waals surface area contributed by atoms with Crippen molar-refractivity contribution in [3.05, 3.63) is 51.0 Å². The molecule has 0 atom stereocenters. The maximum atomic E-state index is 11.4. The van der Waals surface area contributed by atoms with Crippen LogP contribution in [0.1, 0.15) is 11.1 Å². The zero-order chi connectivity index (χ0) is 17.4. The fourth-order valence-electron chi connectivity index (χ4n) is 2.87. The van der Waals surface area contributed by atoms with Crippen LogP contribution >= 0.6 is 27.5 Å². The van der Waals surface area contributed by atoms with Gasteiger partial charge in [-0.2, -0.15) is 0 Å². The number of benzene rings is 2. The van der Waals surface area contributed by atoms with Crippen LogP contribution in [0.3, 0.4) is 0 Å². The monoisotopic (exact) mass is 407 g/mol. The number of carbonyl (C=O) groups is 1. The fraction of sp³-hybridized carbons (Fsp3) is 0.167. The molecule has 0 radical (unpaired) electrons. The minimum atomic E-state index is -0.890. The highest BCUT2D eigenvalue weighted by Gasteiger charge is 2.20. The molecule has 2 N–H and O–H groups in total. The number of nitrogens with one attached hydrogen (secondary N) is 1. The Bertz CT molecular complexity index is 949. The third kappa shape index (κ3) is 2.89. The molecular formula is C18H15BrClNO3. The Hall–Kier alpha value is -1.98. The van der Waals surface area contributed by atoms with Crippen LogP contribution in [-0.2, 0) is 11.2 Å². The molecule has 1 aromatic heterocycles. The molecule has 0 aliphatic rings. The standard InChI is InChI=1S/C18H15BrClNO3/c1-9-14(20)5-4-11-12(8-16(22)23)18(21-17(9)11)13-7-10(19)3-6-15(13)24-2/h3-7,21H,8H2,1-2H3,(H,22,23). The van der Waals surface area contributed by atoms with Crippen molar-refractivity contribution >= 4 is 44.4 Å². The second-order valence-corrected chi connectivity index (χ2v) is 6.81. The number of carboxylic acid groups (broad SMARTS) is 1. The van der Waals surface area contributed by atoms with E-state index in [1.165, 1.54) is 0 Å². The molecule has 3 rings (SSSR count). The molecule has 0 spiro atoms. The van der Waals surface area contributed by atoms with E-state index in [9.17, 15) is 9.90 Å². The van der Waals surface area contributed by atoms with E-state index >= 15 is 0 Å². The van der Waals surface area contributed by atoms with E-state index in [1.807, 2.05) is 31.2 Å². The zero-order valence-electron chi connectivity index (χ0n) is 13.1. The topological polar surface area (TPSA) is 62.3 Å². The van der Waals surface area contributed by atoms with Crippen molar-refractivity contribution in [1.82, 2.24) is 4.98 Å². The molecular weight excluding hydrogens is 394 g/mol. The van der Waals surface area contributed by atoms with Gasteiger partial charge in [-0.3, -0.25) is 4.79 Å². The summed E-state index contributed by atoms with van der Waals surface area (Å²) in [7, 11) is 1.59. The number of halogens is 2. The van der Waals surface area contributed by atoms with E-state index in [-0.39, 0.29) is 6.42 Å². The number of carboxylic acids is 1. The molecule has 24 heavy (non-hydrogen) atoms. The number of fused-ring (bicyclic) bond motifs is 1. The number of methoxy groups -OCH3 is 1. The average molecular weight is 409 g/mol. The van der Waals surface area contributed by atoms with Crippen molar-refractivity contribution in [3.63, 3.8) is 0 Å². The second kappa shape index (κ2) is 6.49. The van der Waals surface area contributed by atoms with E-state index in [1.54, 1.807) is 13.2 Å². The van der Waals surface area contributed by atoms with Crippen molar-refractivity contribution in [1.29, 1.82) is 0 Å². The molecule has 0 unspecified atom stereocenters. The summed E-state index contributed by atoms with van der Waals surface area (Å²) in [5, 5.41) is 10.8. The van der Waals surface area contributed by atoms with Gasteiger partial charge < -0.3 is 14.8 Å². The lowest BCUT2D eigenvalue weighted by atomic mass is 10.0. The summed E-state index contributed by atoms with van der Waals surface area (Å²) in [6, 6.07) is 9.28. The number of hydrogen-bond donors (Lipinski definition) is 2. The highest BCUT2D eigenvalue weighted by Crippen LogP contribution is 2.39. The third-order valence-electron chi connectivity index (χ3n) is 4.03. The number of aryl methyl sites for hydroxylation is 1. The minimum absolute atomic E-state index is 0.0912. The van der Waals surface area contributed by atoms with Gasteiger partial charge in [0.15, 0.2) is 0 Å². The van der Waals surface area contributed by atoms with E-state index in [4.69, 9.17) is 16.3 Å². The third-order valence-corrected chi connectivity index (χ3v) is 4.94. The quantitative estimate of drug-likeness (QED) is 0.624. The molecule has 0 aliphatic heterocycles. The van der Waals surface area contributed by atoms with Gasteiger partial charge in [0.05, 0.1) is 24.7 Å². The Morgan fingerprint density at radius 1 is 1.33 bits per heavy atom. The Kier molecular flexibility index (Phi) is 4.56. The molecule has 0 saturated heterocycles. The van der Waals surface area contributed by atoms with Crippen molar-refractivity contribution in [2.75, 3.05) is 7.11 Å². The SMILES string of the molecule is COc1ccc(Br)cc1-c1[nH]c2c(C)c(Cl)ccc2c1CC(=O)O. The van der Waals surface area contributed by atoms with Gasteiger partial charge in [-0.1, -0.05) is 33.6 Å². The number of aromatic nitrogens is 1. The zero-order valence-corrected chi connectivity index (χ0v) is 15.5. The highest BCUT2D eigenvalue weighted by atomic mass is 79.9. The van der Waals surface area contributed by atoms with Gasteiger partial charge in [0.25, 0.3) is 0 Å². The average Bonchev–Trinajstić information content (AvgIpc) is 2.89. The molecule has 1 heterocycles. The molecule has 0 amide bonds. The lowest BCUT2D eigenvalue weighted by molar-refractivity contribution is -0.136. The first-order valence-electron chi connectivity index (χ1n) is 7.27. The van der Waals surface area contributed by atoms with Crippen molar-refractivity contribution < 1.29 is 14.6 Å². The predicted molar refractivity (Wildman–Crippen MR) is 99.1 cm³/mol. The second-order valence-electron chi connectivity index (χ2n) is 5.49. The number of aliphatic carboxylic acids is 1. The molecule has 6 heteroatoms. The Labute approximate surface area is 152 Å². The van der Waals surface area contributed by atoms with Crippen molar-refractivity contribution in [3.8, 4) is 17.0 Å². The number of hydrogen-bond acceptors (Lipinski definition) is 2. The van der Waals surface area contributed by atoms with Crippen LogP contribution in [0.2, 0.25) is 5.02 Å². The maximum absolute atomic E-state index is 11.4. The summed E-state index contributed by atoms with van der Waals surface area (Å²) < 4.78 is 6.33. The number of aromatic amines is 1. The van der Waals surface area contributed by atoms with Crippen LogP contribution in [0.25, 0.3) is 22.2 Å². The van der Waals surface area contributed by atoms with Gasteiger partial charge >= 0.3 is 5.97 Å². The molecule has 4 nitrogen and oxygen atoms in total. The molecule has 0 bridgehead atoms. The maximum Gasteiger partial charge on any atom is 0.307 e. The van der Waals surface area contributed by atoms with E-state index < -0.39 is 5.97 Å². The van der Waals surface area contributed by atoms with Gasteiger partial charge in [0.1, 0.15) is 5.75 Å². The lowest BCUT2D eigenvalue weighted by Gasteiger charge is -2.09. The normalized spacial score (nSPS) is 11.0. The van der Waals surface area contributed by atoms with Gasteiger partial charge in [0.2, 0.25) is 0 Å². The smallest absolute Gasteiger partial charge is 0.307 e. The van der Waals surface area contributed by atoms with Gasteiger partial charge in [-0.15, -0.1) is 0 Å².